The first kappa shape index (κ1) is 49.1. The van der Waals surface area contributed by atoms with Crippen LogP contribution in [0.4, 0.5) is 0 Å². The molecule has 2 atom stereocenters. The Morgan fingerprint density at radius 1 is 0.868 bits per heavy atom. The molecule has 352 valence electrons. The lowest BCUT2D eigenvalue weighted by atomic mass is 9.90. The summed E-state index contributed by atoms with van der Waals surface area (Å²) in [5.74, 6) is 0.122. The number of fused-ring (bicyclic) bond motifs is 2. The Morgan fingerprint density at radius 2 is 1.60 bits per heavy atom. The quantitative estimate of drug-likeness (QED) is 0.105. The average molecular weight is 968 g/mol. The number of aliphatic carboxylic acids is 1. The van der Waals surface area contributed by atoms with E-state index in [1.165, 1.54) is 5.56 Å². The smallest absolute Gasteiger partial charge is 0.303 e. The van der Waals surface area contributed by atoms with Crippen LogP contribution in [0.2, 0.25) is 10.0 Å². The molecular weight excluding hydrogens is 908 g/mol. The number of nitrogens with zero attached hydrogens (tertiary/aromatic N) is 4. The number of carboxylic acids is 1. The van der Waals surface area contributed by atoms with E-state index in [0.717, 1.165) is 124 Å². The number of benzene rings is 5. The summed E-state index contributed by atoms with van der Waals surface area (Å²) in [6.45, 7) is 5.74. The average Bonchev–Trinajstić information content (AvgIpc) is 4.13. The van der Waals surface area contributed by atoms with E-state index in [1.54, 1.807) is 4.68 Å². The number of rotatable bonds is 15. The topological polar surface area (TPSA) is 109 Å². The molecule has 1 saturated carbocycles. The van der Waals surface area contributed by atoms with Gasteiger partial charge in [0.1, 0.15) is 0 Å². The Labute approximate surface area is 414 Å². The van der Waals surface area contributed by atoms with Crippen molar-refractivity contribution in [3.63, 3.8) is 0 Å². The number of thioether (sulfide) groups is 1. The Hall–Kier alpha value is -5.29. The van der Waals surface area contributed by atoms with Crippen molar-refractivity contribution in [3.05, 3.63) is 187 Å². The molecule has 68 heavy (non-hydrogen) atoms. The Bertz CT molecular complexity index is 2960. The summed E-state index contributed by atoms with van der Waals surface area (Å²) in [6, 6.07) is 42.3. The third kappa shape index (κ3) is 12.9. The second-order valence-electron chi connectivity index (χ2n) is 19.1. The zero-order valence-corrected chi connectivity index (χ0v) is 41.4. The highest BCUT2D eigenvalue weighted by atomic mass is 35.5. The van der Waals surface area contributed by atoms with Gasteiger partial charge in [-0.25, -0.2) is 9.67 Å². The maximum Gasteiger partial charge on any atom is 0.303 e. The number of aliphatic hydroxyl groups is 1. The third-order valence-corrected chi connectivity index (χ3v) is 15.5. The highest BCUT2D eigenvalue weighted by molar-refractivity contribution is 7.99. The summed E-state index contributed by atoms with van der Waals surface area (Å²) >= 11 is 14.1. The van der Waals surface area contributed by atoms with Gasteiger partial charge in [-0.3, -0.25) is 9.59 Å². The summed E-state index contributed by atoms with van der Waals surface area (Å²) in [7, 11) is 2.14. The van der Waals surface area contributed by atoms with E-state index in [2.05, 4.69) is 54.4 Å². The fourth-order valence-corrected chi connectivity index (χ4v) is 11.1. The summed E-state index contributed by atoms with van der Waals surface area (Å²) < 4.78 is 1.76. The van der Waals surface area contributed by atoms with Crippen LogP contribution in [0.15, 0.2) is 132 Å². The number of hydrogen-bond donors (Lipinski definition) is 2. The lowest BCUT2D eigenvalue weighted by Crippen LogP contribution is -2.29. The molecular formula is C57H60Cl2N4O4S. The van der Waals surface area contributed by atoms with Crippen molar-refractivity contribution in [3.8, 4) is 0 Å². The van der Waals surface area contributed by atoms with Crippen LogP contribution < -0.4 is 5.56 Å². The van der Waals surface area contributed by atoms with Crippen LogP contribution in [-0.4, -0.2) is 61.7 Å². The van der Waals surface area contributed by atoms with Gasteiger partial charge in [-0.05, 0) is 155 Å². The van der Waals surface area contributed by atoms with Crippen LogP contribution in [0.25, 0.3) is 33.8 Å². The standard InChI is InChI=1S/C35H36ClNO3S.C22H24ClN3O/c1-34(2,40)30-9-4-3-7-25(30)13-17-32(41-23-35(18-19-35)22-33(38)39)27-8-5-6-24(20-27)10-15-29-16-12-26-11-14-28(36)21-31(26)37-29;1-25-13-4-5-18(12-14-25)26-22(27)20-7-3-2-6-19(20)21(24-26)15-16-8-10-17(23)11-9-16/h3-12,14-16,20-21,32,40H,13,17-19,22-23H2,1-2H3,(H,38,39);2-3,6-11,18H,4-5,12-15H2,1H3/b15-10+;/t32-;/m1./s1. The molecule has 3 heterocycles. The molecule has 5 aromatic carbocycles. The van der Waals surface area contributed by atoms with E-state index in [-0.39, 0.29) is 28.7 Å². The Balaban J connectivity index is 0.000000200. The van der Waals surface area contributed by atoms with Gasteiger partial charge in [0.25, 0.3) is 5.56 Å². The van der Waals surface area contributed by atoms with E-state index in [0.29, 0.717) is 11.4 Å². The monoisotopic (exact) mass is 966 g/mol. The largest absolute Gasteiger partial charge is 0.481 e. The van der Waals surface area contributed by atoms with Gasteiger partial charge in [0.05, 0.1) is 40.4 Å². The number of hydrogen-bond acceptors (Lipinski definition) is 7. The van der Waals surface area contributed by atoms with Gasteiger partial charge >= 0.3 is 5.97 Å². The summed E-state index contributed by atoms with van der Waals surface area (Å²) in [5.41, 5.74) is 7.27. The summed E-state index contributed by atoms with van der Waals surface area (Å²) in [4.78, 5) is 31.7. The zero-order valence-electron chi connectivity index (χ0n) is 39.1. The van der Waals surface area contributed by atoms with E-state index in [9.17, 15) is 19.8 Å². The molecule has 2 aromatic heterocycles. The van der Waals surface area contributed by atoms with Gasteiger partial charge in [-0.2, -0.15) is 16.9 Å². The van der Waals surface area contributed by atoms with Gasteiger partial charge in [0.15, 0.2) is 0 Å². The van der Waals surface area contributed by atoms with E-state index < -0.39 is 11.6 Å². The number of pyridine rings is 1. The van der Waals surface area contributed by atoms with E-state index in [4.69, 9.17) is 33.3 Å². The third-order valence-electron chi connectivity index (χ3n) is 13.3. The minimum absolute atomic E-state index is 0.0278. The number of likely N-dealkylation sites (tertiary alicyclic amines) is 1. The van der Waals surface area contributed by atoms with E-state index >= 15 is 0 Å². The summed E-state index contributed by atoms with van der Waals surface area (Å²) in [6.07, 6.45) is 11.8. The molecule has 0 bridgehead atoms. The second kappa shape index (κ2) is 22.0. The molecule has 2 aliphatic rings. The molecule has 0 radical (unpaired) electrons. The predicted molar refractivity (Wildman–Crippen MR) is 282 cm³/mol. The minimum atomic E-state index is -0.911. The summed E-state index contributed by atoms with van der Waals surface area (Å²) in [5, 5.41) is 29.4. The Kier molecular flexibility index (Phi) is 15.9. The number of carboxylic acid groups (broad SMARTS) is 1. The van der Waals surface area contributed by atoms with Crippen molar-refractivity contribution >= 4 is 74.8 Å². The normalized spacial score (nSPS) is 16.6. The fraction of sp³-hybridized carbons (Fsp3) is 0.333. The molecule has 0 amide bonds. The maximum absolute atomic E-state index is 13.1. The molecule has 2 fully saturated rings. The molecule has 1 saturated heterocycles. The van der Waals surface area contributed by atoms with Gasteiger partial charge in [0, 0.05) is 38.2 Å². The number of halogens is 2. The molecule has 2 N–H and O–H groups in total. The lowest BCUT2D eigenvalue weighted by Gasteiger charge is -2.24. The molecule has 0 spiro atoms. The SMILES string of the molecule is CC(C)(O)c1ccccc1CC[C@@H](SCC1(CC(=O)O)CC1)c1cccc(/C=C/c2ccc3ccc(Cl)cc3n2)c1.CN1CCCC(n2nc(Cc3ccc(Cl)cc3)c3ccccc3c2=O)CC1. The van der Waals surface area contributed by atoms with E-state index in [1.807, 2.05) is 123 Å². The highest BCUT2D eigenvalue weighted by Crippen LogP contribution is 2.53. The van der Waals surface area contributed by atoms with Crippen molar-refractivity contribution < 1.29 is 15.0 Å². The fourth-order valence-electron chi connectivity index (χ4n) is 9.27. The second-order valence-corrected chi connectivity index (χ2v) is 21.2. The van der Waals surface area contributed by atoms with Crippen molar-refractivity contribution in [2.75, 3.05) is 25.9 Å². The first-order chi connectivity index (χ1) is 32.7. The van der Waals surface area contributed by atoms with Crippen LogP contribution >= 0.6 is 35.0 Å². The molecule has 1 aliphatic carbocycles. The molecule has 8 nitrogen and oxygen atoms in total. The molecule has 11 heteroatoms. The highest BCUT2D eigenvalue weighted by Gasteiger charge is 2.44. The van der Waals surface area contributed by atoms with Crippen LogP contribution in [0, 0.1) is 5.41 Å². The molecule has 9 rings (SSSR count). The van der Waals surface area contributed by atoms with Crippen LogP contribution in [0.1, 0.15) is 109 Å². The van der Waals surface area contributed by atoms with Crippen molar-refractivity contribution in [2.24, 2.45) is 5.41 Å². The maximum atomic E-state index is 13.1. The first-order valence-corrected chi connectivity index (χ1v) is 25.4. The molecule has 7 aromatic rings. The van der Waals surface area contributed by atoms with Crippen LogP contribution in [0.5, 0.6) is 0 Å². The number of aryl methyl sites for hydroxylation is 1. The number of aromatic nitrogens is 3. The molecule has 1 unspecified atom stereocenters. The van der Waals surface area contributed by atoms with Gasteiger partial charge in [-0.1, -0.05) is 120 Å². The minimum Gasteiger partial charge on any atom is -0.481 e. The van der Waals surface area contributed by atoms with Crippen LogP contribution in [0.3, 0.4) is 0 Å². The first-order valence-electron chi connectivity index (χ1n) is 23.6. The lowest BCUT2D eigenvalue weighted by molar-refractivity contribution is -0.138. The number of carbonyl (C=O) groups is 1. The van der Waals surface area contributed by atoms with Crippen molar-refractivity contribution in [1.29, 1.82) is 0 Å². The van der Waals surface area contributed by atoms with Gasteiger partial charge in [0.2, 0.25) is 0 Å². The van der Waals surface area contributed by atoms with Crippen molar-refractivity contribution in [1.82, 2.24) is 19.7 Å². The van der Waals surface area contributed by atoms with Crippen molar-refractivity contribution in [2.45, 2.75) is 88.5 Å². The Morgan fingerprint density at radius 3 is 2.37 bits per heavy atom. The van der Waals surface area contributed by atoms with Gasteiger partial charge in [-0.15, -0.1) is 0 Å². The van der Waals surface area contributed by atoms with Gasteiger partial charge < -0.3 is 15.1 Å². The zero-order chi connectivity index (χ0) is 47.8. The molecule has 1 aliphatic heterocycles. The van der Waals surface area contributed by atoms with Crippen LogP contribution in [-0.2, 0) is 23.2 Å². The predicted octanol–water partition coefficient (Wildman–Crippen LogP) is 13.2.